The standard InChI is InChI=1S/C45H28N2O/c48-45-38-11-2-1-8-33(38)36-12-7-13-37-40-26-29(20-23-43(40)47(45)44(36)37)28-18-16-27-17-19-30-24-31(21-22-32(30)39(27)25-28)46-41-14-5-3-9-34(41)35-10-4-6-15-42(35)46/h1-26,40,43H. The van der Waals surface area contributed by atoms with Crippen LogP contribution in [0, 0.1) is 0 Å². The molecule has 7 aromatic carbocycles. The van der Waals surface area contributed by atoms with Gasteiger partial charge >= 0.3 is 0 Å². The van der Waals surface area contributed by atoms with Crippen LogP contribution in [0.25, 0.3) is 76.3 Å². The number of aromatic nitrogens is 2. The van der Waals surface area contributed by atoms with Crippen molar-refractivity contribution in [2.75, 3.05) is 0 Å². The summed E-state index contributed by atoms with van der Waals surface area (Å²) in [5.74, 6) is 0.107. The largest absolute Gasteiger partial charge is 0.309 e. The van der Waals surface area contributed by atoms with Crippen LogP contribution in [-0.4, -0.2) is 9.13 Å². The summed E-state index contributed by atoms with van der Waals surface area (Å²) in [7, 11) is 0. The van der Waals surface area contributed by atoms with E-state index in [0.717, 1.165) is 27.4 Å². The lowest BCUT2D eigenvalue weighted by molar-refractivity contribution is 0.588. The molecular formula is C45H28N2O. The summed E-state index contributed by atoms with van der Waals surface area (Å²) in [6.45, 7) is 0. The maximum Gasteiger partial charge on any atom is 0.259 e. The van der Waals surface area contributed by atoms with Crippen molar-refractivity contribution in [3.05, 3.63) is 179 Å². The highest BCUT2D eigenvalue weighted by Gasteiger charge is 2.35. The zero-order chi connectivity index (χ0) is 31.5. The Labute approximate surface area is 275 Å². The van der Waals surface area contributed by atoms with E-state index in [2.05, 4.69) is 144 Å². The van der Waals surface area contributed by atoms with Gasteiger partial charge in [-0.1, -0.05) is 121 Å². The SMILES string of the molecule is O=c1c2ccccc2c2cccc3c2n1C1C=CC(c2ccc4ccc5cc(-n6c7ccccc7c7ccccc76)ccc5c4c2)=CC31. The van der Waals surface area contributed by atoms with Gasteiger partial charge in [-0.05, 0) is 80.0 Å². The quantitative estimate of drug-likeness (QED) is 0.178. The predicted molar refractivity (Wildman–Crippen MR) is 200 cm³/mol. The lowest BCUT2D eigenvalue weighted by Gasteiger charge is -2.22. The number of hydrogen-bond donors (Lipinski definition) is 0. The van der Waals surface area contributed by atoms with E-state index in [1.807, 2.05) is 22.8 Å². The van der Waals surface area contributed by atoms with Crippen LogP contribution in [0.3, 0.4) is 0 Å². The van der Waals surface area contributed by atoms with E-state index in [0.29, 0.717) is 0 Å². The summed E-state index contributed by atoms with van der Waals surface area (Å²) in [6.07, 6.45) is 6.83. The number of benzene rings is 7. The Morgan fingerprint density at radius 1 is 0.521 bits per heavy atom. The third-order valence-electron chi connectivity index (χ3n) is 10.8. The number of allylic oxidation sites excluding steroid dienone is 4. The molecular weight excluding hydrogens is 585 g/mol. The maximum atomic E-state index is 13.8. The van der Waals surface area contributed by atoms with Gasteiger partial charge < -0.3 is 4.57 Å². The van der Waals surface area contributed by atoms with E-state index in [4.69, 9.17) is 0 Å². The van der Waals surface area contributed by atoms with Crippen molar-refractivity contribution >= 4 is 70.6 Å². The average molecular weight is 613 g/mol. The maximum absolute atomic E-state index is 13.8. The molecule has 0 amide bonds. The van der Waals surface area contributed by atoms with Crippen molar-refractivity contribution in [2.24, 2.45) is 0 Å². The van der Waals surface area contributed by atoms with Crippen LogP contribution in [0.2, 0.25) is 0 Å². The fraction of sp³-hybridized carbons (Fsp3) is 0.0444. The fourth-order valence-corrected chi connectivity index (χ4v) is 8.69. The van der Waals surface area contributed by atoms with Crippen molar-refractivity contribution in [2.45, 2.75) is 12.0 Å². The van der Waals surface area contributed by atoms with E-state index in [1.54, 1.807) is 0 Å². The Bertz CT molecular complexity index is 2940. The van der Waals surface area contributed by atoms with Crippen LogP contribution in [-0.2, 0) is 0 Å². The van der Waals surface area contributed by atoms with Gasteiger partial charge in [0.15, 0.2) is 0 Å². The molecule has 3 heteroatoms. The molecule has 2 aromatic heterocycles. The monoisotopic (exact) mass is 612 g/mol. The van der Waals surface area contributed by atoms with Crippen LogP contribution in [0.1, 0.15) is 23.1 Å². The van der Waals surface area contributed by atoms with Crippen molar-refractivity contribution < 1.29 is 0 Å². The molecule has 224 valence electrons. The highest BCUT2D eigenvalue weighted by atomic mass is 16.1. The molecule has 9 aromatic rings. The molecule has 0 saturated carbocycles. The third kappa shape index (κ3) is 3.40. The summed E-state index contributed by atoms with van der Waals surface area (Å²) in [5.41, 5.74) is 8.38. The van der Waals surface area contributed by atoms with Crippen LogP contribution in [0.5, 0.6) is 0 Å². The predicted octanol–water partition coefficient (Wildman–Crippen LogP) is 10.8. The van der Waals surface area contributed by atoms with E-state index in [-0.39, 0.29) is 17.5 Å². The normalized spacial score (nSPS) is 16.9. The van der Waals surface area contributed by atoms with Crippen molar-refractivity contribution in [1.82, 2.24) is 9.13 Å². The first-order valence-electron chi connectivity index (χ1n) is 16.6. The number of rotatable bonds is 2. The second-order valence-electron chi connectivity index (χ2n) is 13.2. The molecule has 0 spiro atoms. The molecule has 2 unspecified atom stereocenters. The second kappa shape index (κ2) is 9.43. The van der Waals surface area contributed by atoms with Gasteiger partial charge in [0, 0.05) is 33.2 Å². The molecule has 2 atom stereocenters. The molecule has 48 heavy (non-hydrogen) atoms. The molecule has 0 bridgehead atoms. The van der Waals surface area contributed by atoms with Gasteiger partial charge in [-0.2, -0.15) is 0 Å². The molecule has 0 radical (unpaired) electrons. The molecule has 0 N–H and O–H groups in total. The van der Waals surface area contributed by atoms with E-state index in [9.17, 15) is 4.79 Å². The van der Waals surface area contributed by atoms with Gasteiger partial charge in [-0.25, -0.2) is 0 Å². The first-order chi connectivity index (χ1) is 23.7. The summed E-state index contributed by atoms with van der Waals surface area (Å²) in [5, 5.41) is 10.4. The van der Waals surface area contributed by atoms with Gasteiger partial charge in [-0.3, -0.25) is 9.36 Å². The van der Waals surface area contributed by atoms with E-state index < -0.39 is 0 Å². The molecule has 3 nitrogen and oxygen atoms in total. The summed E-state index contributed by atoms with van der Waals surface area (Å²) >= 11 is 0. The Morgan fingerprint density at radius 3 is 2.02 bits per heavy atom. The lowest BCUT2D eigenvalue weighted by atomic mass is 9.85. The first kappa shape index (κ1) is 25.9. The third-order valence-corrected chi connectivity index (χ3v) is 10.8. The number of pyridine rings is 1. The van der Waals surface area contributed by atoms with Gasteiger partial charge in [0.2, 0.25) is 0 Å². The Balaban J connectivity index is 1.05. The number of nitrogens with zero attached hydrogens (tertiary/aromatic N) is 2. The van der Waals surface area contributed by atoms with E-state index >= 15 is 0 Å². The van der Waals surface area contributed by atoms with Crippen LogP contribution < -0.4 is 5.56 Å². The molecule has 0 fully saturated rings. The van der Waals surface area contributed by atoms with Gasteiger partial charge in [0.25, 0.3) is 5.56 Å². The minimum atomic E-state index is -0.0219. The second-order valence-corrected chi connectivity index (χ2v) is 13.2. The molecule has 2 aliphatic rings. The van der Waals surface area contributed by atoms with Crippen LogP contribution in [0.15, 0.2) is 163 Å². The number of hydrogen-bond acceptors (Lipinski definition) is 1. The van der Waals surface area contributed by atoms with E-state index in [1.165, 1.54) is 60.1 Å². The summed E-state index contributed by atoms with van der Waals surface area (Å²) in [4.78, 5) is 13.8. The van der Waals surface area contributed by atoms with Crippen molar-refractivity contribution in [3.63, 3.8) is 0 Å². The number of fused-ring (bicyclic) bond motifs is 11. The topological polar surface area (TPSA) is 26.9 Å². The molecule has 1 aliphatic carbocycles. The average Bonchev–Trinajstić information content (AvgIpc) is 3.67. The zero-order valence-corrected chi connectivity index (χ0v) is 26.0. The molecule has 3 heterocycles. The van der Waals surface area contributed by atoms with Crippen LogP contribution in [0.4, 0.5) is 0 Å². The van der Waals surface area contributed by atoms with Gasteiger partial charge in [-0.15, -0.1) is 0 Å². The minimum absolute atomic E-state index is 0.0219. The molecule has 11 rings (SSSR count). The van der Waals surface area contributed by atoms with Crippen molar-refractivity contribution in [1.29, 1.82) is 0 Å². The minimum Gasteiger partial charge on any atom is -0.309 e. The summed E-state index contributed by atoms with van der Waals surface area (Å²) < 4.78 is 4.41. The van der Waals surface area contributed by atoms with Gasteiger partial charge in [0.05, 0.1) is 22.6 Å². The molecule has 1 aliphatic heterocycles. The number of para-hydroxylation sites is 3. The highest BCUT2D eigenvalue weighted by Crippen LogP contribution is 2.47. The zero-order valence-electron chi connectivity index (χ0n) is 26.0. The summed E-state index contributed by atoms with van der Waals surface area (Å²) in [6, 6.07) is 50.0. The smallest absolute Gasteiger partial charge is 0.259 e. The Kier molecular flexibility index (Phi) is 5.10. The first-order valence-corrected chi connectivity index (χ1v) is 16.6. The fourth-order valence-electron chi connectivity index (χ4n) is 8.69. The van der Waals surface area contributed by atoms with Gasteiger partial charge in [0.1, 0.15) is 0 Å². The van der Waals surface area contributed by atoms with Crippen LogP contribution >= 0.6 is 0 Å². The lowest BCUT2D eigenvalue weighted by Crippen LogP contribution is -2.23. The van der Waals surface area contributed by atoms with Crippen molar-refractivity contribution in [3.8, 4) is 5.69 Å². The Hall–Kier alpha value is -6.19. The highest BCUT2D eigenvalue weighted by molar-refractivity contribution is 6.12. The Morgan fingerprint density at radius 2 is 1.21 bits per heavy atom. The molecule has 0 saturated heterocycles.